The minimum atomic E-state index is -3.10. The monoisotopic (exact) mass is 563 g/mol. The number of aryl methyl sites for hydroxylation is 1. The first-order valence-corrected chi connectivity index (χ1v) is 13.7. The maximum atomic E-state index is 9.32. The average molecular weight is 564 g/mol. The third kappa shape index (κ3) is 4.23. The van der Waals surface area contributed by atoms with E-state index in [2.05, 4.69) is 4.98 Å². The van der Waals surface area contributed by atoms with Gasteiger partial charge in [-0.25, -0.2) is 4.98 Å². The number of aromatic nitrogens is 2. The third-order valence-corrected chi connectivity index (χ3v) is 7.70. The van der Waals surface area contributed by atoms with Crippen molar-refractivity contribution >= 4 is 32.6 Å². The Bertz CT molecular complexity index is 2840. The van der Waals surface area contributed by atoms with E-state index >= 15 is 0 Å². The highest BCUT2D eigenvalue weighted by Crippen LogP contribution is 2.44. The van der Waals surface area contributed by atoms with E-state index in [4.69, 9.17) is 12.3 Å². The number of benzene rings is 7. The van der Waals surface area contributed by atoms with Crippen LogP contribution in [0.1, 0.15) is 30.5 Å². The van der Waals surface area contributed by atoms with Gasteiger partial charge in [-0.15, -0.1) is 0 Å². The molecule has 8 aromatic rings. The second-order valence-electron chi connectivity index (χ2n) is 10.1. The van der Waals surface area contributed by atoms with Gasteiger partial charge in [-0.1, -0.05) is 128 Å². The molecule has 2 heteroatoms. The van der Waals surface area contributed by atoms with Crippen molar-refractivity contribution in [2.75, 3.05) is 0 Å². The Hall–Kier alpha value is -5.47. The van der Waals surface area contributed by atoms with Gasteiger partial charge in [-0.05, 0) is 85.3 Å². The summed E-state index contributed by atoms with van der Waals surface area (Å²) >= 11 is 0. The highest BCUT2D eigenvalue weighted by molar-refractivity contribution is 6.21. The maximum Gasteiger partial charge on any atom is 0.114 e. The van der Waals surface area contributed by atoms with Crippen LogP contribution in [0.25, 0.3) is 71.6 Å². The van der Waals surface area contributed by atoms with E-state index in [9.17, 15) is 5.48 Å². The lowest BCUT2D eigenvalue weighted by Gasteiger charge is -2.19. The van der Waals surface area contributed by atoms with Crippen LogP contribution < -0.4 is 0 Å². The molecule has 0 fully saturated rings. The molecule has 43 heavy (non-hydrogen) atoms. The topological polar surface area (TPSA) is 17.8 Å². The Morgan fingerprint density at radius 1 is 0.605 bits per heavy atom. The largest absolute Gasteiger partial charge is 0.296 e. The molecule has 0 amide bonds. The summed E-state index contributed by atoms with van der Waals surface area (Å²) in [6.07, 6.45) is -2.91. The molecule has 0 atom stereocenters. The van der Waals surface area contributed by atoms with Gasteiger partial charge in [0, 0.05) is 18.9 Å². The molecule has 0 bridgehead atoms. The van der Waals surface area contributed by atoms with Crippen molar-refractivity contribution in [3.05, 3.63) is 157 Å². The van der Waals surface area contributed by atoms with Gasteiger partial charge >= 0.3 is 0 Å². The molecular weight excluding hydrogens is 520 g/mol. The number of fused-ring (bicyclic) bond motifs is 3. The second kappa shape index (κ2) is 10.4. The van der Waals surface area contributed by atoms with Crippen LogP contribution in [0.4, 0.5) is 0 Å². The van der Waals surface area contributed by atoms with Crippen LogP contribution in [0.5, 0.6) is 0 Å². The normalized spacial score (nSPS) is 16.4. The lowest BCUT2D eigenvalue weighted by atomic mass is 9.85. The molecule has 2 nitrogen and oxygen atoms in total. The van der Waals surface area contributed by atoms with Crippen molar-refractivity contribution in [3.8, 4) is 39.1 Å². The van der Waals surface area contributed by atoms with E-state index in [1.54, 1.807) is 60.7 Å². The zero-order valence-corrected chi connectivity index (χ0v) is 22.7. The molecular formula is C41H30N2. The van der Waals surface area contributed by atoms with E-state index in [1.807, 2.05) is 42.5 Å². The standard InChI is InChI=1S/C41H30N2/c1-2-39-42-37-24-10-11-25-38(37)43(39)32-19-13-18-31(27-32)41-35-22-8-6-20-33(35)40(34-21-7-9-23-36(34)41)30-17-12-16-29(26-30)28-14-4-3-5-15-28/h3-27H,2H2,1H3/i1D3,2D2,6D,7D,8D,9D,20D,21D,22D,23D. The molecule has 0 N–H and O–H groups in total. The predicted octanol–water partition coefficient (Wildman–Crippen LogP) is 10.9. The molecule has 0 aliphatic heterocycles. The van der Waals surface area contributed by atoms with E-state index in [0.29, 0.717) is 16.6 Å². The highest BCUT2D eigenvalue weighted by atomic mass is 15.1. The molecule has 0 radical (unpaired) electrons. The number of imidazole rings is 1. The van der Waals surface area contributed by atoms with Gasteiger partial charge in [-0.2, -0.15) is 0 Å². The molecule has 1 aromatic heterocycles. The quantitative estimate of drug-likeness (QED) is 0.190. The minimum Gasteiger partial charge on any atom is -0.296 e. The second-order valence-corrected chi connectivity index (χ2v) is 10.1. The number of para-hydroxylation sites is 2. The van der Waals surface area contributed by atoms with E-state index < -0.39 is 61.6 Å². The molecule has 0 unspecified atom stereocenters. The van der Waals surface area contributed by atoms with Gasteiger partial charge in [0.25, 0.3) is 0 Å². The lowest BCUT2D eigenvalue weighted by molar-refractivity contribution is 0.908. The lowest BCUT2D eigenvalue weighted by Crippen LogP contribution is -2.00. The van der Waals surface area contributed by atoms with Crippen LogP contribution >= 0.6 is 0 Å². The Labute approximate surface area is 269 Å². The summed E-state index contributed by atoms with van der Waals surface area (Å²) in [5.74, 6) is -0.386. The number of rotatable bonds is 5. The summed E-state index contributed by atoms with van der Waals surface area (Å²) in [5, 5.41) is 0.122. The first kappa shape index (κ1) is 15.1. The zero-order valence-electron chi connectivity index (χ0n) is 35.7. The van der Waals surface area contributed by atoms with Crippen molar-refractivity contribution in [2.24, 2.45) is 0 Å². The van der Waals surface area contributed by atoms with Crippen molar-refractivity contribution in [3.63, 3.8) is 0 Å². The number of hydrogen-bond donors (Lipinski definition) is 0. The van der Waals surface area contributed by atoms with E-state index in [-0.39, 0.29) is 49.7 Å². The summed E-state index contributed by atoms with van der Waals surface area (Å²) in [5.41, 5.74) is 3.71. The third-order valence-electron chi connectivity index (χ3n) is 7.70. The van der Waals surface area contributed by atoms with Crippen LogP contribution in [0.3, 0.4) is 0 Å². The molecule has 0 aliphatic carbocycles. The molecule has 0 spiro atoms. The van der Waals surface area contributed by atoms with Crippen molar-refractivity contribution in [2.45, 2.75) is 13.2 Å². The number of hydrogen-bond acceptors (Lipinski definition) is 1. The minimum absolute atomic E-state index is 0.0133. The van der Waals surface area contributed by atoms with Gasteiger partial charge in [0.15, 0.2) is 0 Å². The predicted molar refractivity (Wildman–Crippen MR) is 182 cm³/mol. The van der Waals surface area contributed by atoms with Crippen LogP contribution in [-0.2, 0) is 6.37 Å². The fraction of sp³-hybridized carbons (Fsp3) is 0.0488. The Kier molecular flexibility index (Phi) is 3.67. The van der Waals surface area contributed by atoms with Crippen molar-refractivity contribution in [1.29, 1.82) is 0 Å². The SMILES string of the molecule is [2H]c1c([2H])c([2H])c2c(-c3cccc(-n4c(C([2H])([2H])C([2H])([2H])[2H])nc5ccccc54)c3)c3c([2H])c([2H])c([2H])c([2H])c3c(-c3cccc(-c4ccccc4)c3)c2c1[2H]. The zero-order chi connectivity index (χ0) is 40.0. The smallest absolute Gasteiger partial charge is 0.114 e. The first-order chi connectivity index (χ1) is 26.5. The summed E-state index contributed by atoms with van der Waals surface area (Å²) in [6, 6.07) is 26.1. The molecule has 1 heterocycles. The van der Waals surface area contributed by atoms with E-state index in [0.717, 1.165) is 11.1 Å². The summed E-state index contributed by atoms with van der Waals surface area (Å²) in [7, 11) is 0. The van der Waals surface area contributed by atoms with Gasteiger partial charge in [0.05, 0.1) is 22.0 Å². The van der Waals surface area contributed by atoms with Crippen LogP contribution in [0.15, 0.2) is 151 Å². The summed E-state index contributed by atoms with van der Waals surface area (Å²) in [6.45, 7) is -3.10. The molecule has 0 saturated heterocycles. The van der Waals surface area contributed by atoms with Crippen molar-refractivity contribution in [1.82, 2.24) is 9.55 Å². The highest BCUT2D eigenvalue weighted by Gasteiger charge is 2.18. The Morgan fingerprint density at radius 3 is 1.84 bits per heavy atom. The van der Waals surface area contributed by atoms with Crippen molar-refractivity contribution < 1.29 is 17.8 Å². The van der Waals surface area contributed by atoms with Crippen LogP contribution in [0.2, 0.25) is 0 Å². The fourth-order valence-electron chi connectivity index (χ4n) is 5.86. The fourth-order valence-corrected chi connectivity index (χ4v) is 5.86. The Morgan fingerprint density at radius 2 is 1.16 bits per heavy atom. The van der Waals surface area contributed by atoms with Crippen LogP contribution in [-0.4, -0.2) is 9.55 Å². The van der Waals surface area contributed by atoms with Gasteiger partial charge in [0.2, 0.25) is 0 Å². The number of nitrogens with zero attached hydrogens (tertiary/aromatic N) is 2. The van der Waals surface area contributed by atoms with Crippen LogP contribution in [0, 0.1) is 0 Å². The van der Waals surface area contributed by atoms with Gasteiger partial charge in [-0.3, -0.25) is 4.57 Å². The van der Waals surface area contributed by atoms with E-state index in [1.165, 1.54) is 4.57 Å². The molecule has 8 rings (SSSR count). The molecule has 204 valence electrons. The van der Waals surface area contributed by atoms with Gasteiger partial charge in [0.1, 0.15) is 5.82 Å². The summed E-state index contributed by atoms with van der Waals surface area (Å²) < 4.78 is 115. The Balaban J connectivity index is 1.55. The van der Waals surface area contributed by atoms with Gasteiger partial charge < -0.3 is 0 Å². The molecule has 0 aliphatic rings. The maximum absolute atomic E-state index is 9.32. The summed E-state index contributed by atoms with van der Waals surface area (Å²) in [4.78, 5) is 4.42. The average Bonchev–Trinajstić information content (AvgIpc) is 3.60. The molecule has 0 saturated carbocycles. The molecule has 7 aromatic carbocycles. The first-order valence-electron chi connectivity index (χ1n) is 20.2.